The van der Waals surface area contributed by atoms with Crippen molar-refractivity contribution in [1.82, 2.24) is 16.0 Å². The molecular formula is C18H35N5O7. The average Bonchev–Trinajstić information content (AvgIpc) is 2.69. The molecule has 0 rings (SSSR count). The minimum Gasteiger partial charge on any atom is -0.480 e. The lowest BCUT2D eigenvalue weighted by Crippen LogP contribution is -2.58. The van der Waals surface area contributed by atoms with Crippen LogP contribution in [0.1, 0.15) is 39.5 Å². The first-order valence-corrected chi connectivity index (χ1v) is 9.88. The Morgan fingerprint density at radius 3 is 1.83 bits per heavy atom. The summed E-state index contributed by atoms with van der Waals surface area (Å²) in [7, 11) is 0. The second kappa shape index (κ2) is 14.7. The van der Waals surface area contributed by atoms with Crippen LogP contribution in [0.4, 0.5) is 0 Å². The molecule has 0 saturated heterocycles. The predicted molar refractivity (Wildman–Crippen MR) is 108 cm³/mol. The maximum absolute atomic E-state index is 12.6. The molecule has 0 saturated carbocycles. The van der Waals surface area contributed by atoms with Crippen LogP contribution in [-0.4, -0.2) is 82.9 Å². The van der Waals surface area contributed by atoms with Crippen molar-refractivity contribution in [3.63, 3.8) is 0 Å². The Bertz CT molecular complexity index is 573. The number of hydrogen-bond acceptors (Lipinski definition) is 8. The van der Waals surface area contributed by atoms with Gasteiger partial charge in [-0.25, -0.2) is 4.79 Å². The quantitative estimate of drug-likeness (QED) is 0.123. The summed E-state index contributed by atoms with van der Waals surface area (Å²) in [5, 5.41) is 34.7. The summed E-state index contributed by atoms with van der Waals surface area (Å²) < 4.78 is 0. The van der Waals surface area contributed by atoms with Gasteiger partial charge in [0.15, 0.2) is 0 Å². The molecule has 0 bridgehead atoms. The highest BCUT2D eigenvalue weighted by Gasteiger charge is 2.30. The topological polar surface area (TPSA) is 217 Å². The summed E-state index contributed by atoms with van der Waals surface area (Å²) in [6.45, 7) is 2.59. The molecule has 12 nitrogen and oxygen atoms in total. The van der Waals surface area contributed by atoms with Crippen molar-refractivity contribution in [2.45, 2.75) is 63.7 Å². The van der Waals surface area contributed by atoms with E-state index < -0.39 is 61.1 Å². The molecule has 174 valence electrons. The van der Waals surface area contributed by atoms with Gasteiger partial charge in [-0.2, -0.15) is 0 Å². The fourth-order valence-corrected chi connectivity index (χ4v) is 2.55. The van der Waals surface area contributed by atoms with Gasteiger partial charge in [0.25, 0.3) is 0 Å². The number of nitrogens with two attached hydrogens (primary N) is 2. The number of carbonyl (C=O) groups is 4. The normalized spacial score (nSPS) is 15.0. The lowest BCUT2D eigenvalue weighted by atomic mass is 10.0. The Balaban J connectivity index is 5.24. The summed E-state index contributed by atoms with van der Waals surface area (Å²) in [5.41, 5.74) is 10.8. The van der Waals surface area contributed by atoms with Crippen molar-refractivity contribution in [3.8, 4) is 0 Å². The van der Waals surface area contributed by atoms with Crippen LogP contribution in [0.5, 0.6) is 0 Å². The van der Waals surface area contributed by atoms with Gasteiger partial charge in [-0.15, -0.1) is 0 Å². The molecule has 4 unspecified atom stereocenters. The third kappa shape index (κ3) is 10.5. The van der Waals surface area contributed by atoms with Gasteiger partial charge in [-0.05, 0) is 38.1 Å². The maximum Gasteiger partial charge on any atom is 0.326 e. The van der Waals surface area contributed by atoms with Crippen LogP contribution in [0.25, 0.3) is 0 Å². The number of carboxylic acid groups (broad SMARTS) is 1. The number of rotatable bonds is 15. The van der Waals surface area contributed by atoms with E-state index in [-0.39, 0.29) is 18.8 Å². The summed E-state index contributed by atoms with van der Waals surface area (Å²) in [6.07, 6.45) is 1.46. The lowest BCUT2D eigenvalue weighted by Gasteiger charge is -2.24. The number of hydrogen-bond donors (Lipinski definition) is 8. The molecule has 12 heteroatoms. The first-order chi connectivity index (χ1) is 14.1. The number of aliphatic hydroxyl groups is 2. The van der Waals surface area contributed by atoms with Gasteiger partial charge in [-0.3, -0.25) is 14.4 Å². The zero-order valence-electron chi connectivity index (χ0n) is 17.5. The molecule has 0 spiro atoms. The van der Waals surface area contributed by atoms with Crippen LogP contribution in [0.15, 0.2) is 0 Å². The van der Waals surface area contributed by atoms with Crippen LogP contribution in [0.3, 0.4) is 0 Å². The summed E-state index contributed by atoms with van der Waals surface area (Å²) in [4.78, 5) is 48.3. The van der Waals surface area contributed by atoms with Crippen molar-refractivity contribution >= 4 is 23.7 Å². The first-order valence-electron chi connectivity index (χ1n) is 9.88. The molecule has 0 aromatic carbocycles. The fourth-order valence-electron chi connectivity index (χ4n) is 2.55. The van der Waals surface area contributed by atoms with E-state index in [4.69, 9.17) is 16.6 Å². The zero-order valence-corrected chi connectivity index (χ0v) is 17.5. The van der Waals surface area contributed by atoms with E-state index in [1.165, 1.54) is 0 Å². The second-order valence-electron chi connectivity index (χ2n) is 7.41. The minimum absolute atomic E-state index is 0.0152. The van der Waals surface area contributed by atoms with Gasteiger partial charge in [-0.1, -0.05) is 13.8 Å². The monoisotopic (exact) mass is 433 g/mol. The van der Waals surface area contributed by atoms with Gasteiger partial charge in [0.2, 0.25) is 17.7 Å². The van der Waals surface area contributed by atoms with Crippen molar-refractivity contribution < 1.29 is 34.5 Å². The van der Waals surface area contributed by atoms with Crippen LogP contribution in [0.2, 0.25) is 0 Å². The smallest absolute Gasteiger partial charge is 0.326 e. The van der Waals surface area contributed by atoms with Gasteiger partial charge in [0.1, 0.15) is 24.2 Å². The standard InChI is InChI=1S/C18H35N5O7/c1-10(2)7-13(18(29)30)22-16(27)12(5-3-4-6-19)21-17(28)14(9-25)23-15(26)11(20)8-24/h10-14,24-25H,3-9,19-20H2,1-2H3,(H,21,28)(H,22,27)(H,23,26)(H,29,30). The number of aliphatic hydroxyl groups excluding tert-OH is 2. The molecule has 0 radical (unpaired) electrons. The molecule has 0 aromatic heterocycles. The second-order valence-corrected chi connectivity index (χ2v) is 7.41. The molecule has 0 aliphatic rings. The lowest BCUT2D eigenvalue weighted by molar-refractivity contribution is -0.143. The number of carboxylic acids is 1. The molecule has 30 heavy (non-hydrogen) atoms. The van der Waals surface area contributed by atoms with Crippen molar-refractivity contribution in [2.24, 2.45) is 17.4 Å². The van der Waals surface area contributed by atoms with E-state index in [2.05, 4.69) is 16.0 Å². The number of nitrogens with one attached hydrogen (secondary N) is 3. The highest BCUT2D eigenvalue weighted by molar-refractivity contribution is 5.94. The van der Waals surface area contributed by atoms with Gasteiger partial charge < -0.3 is 42.7 Å². The zero-order chi connectivity index (χ0) is 23.3. The summed E-state index contributed by atoms with van der Waals surface area (Å²) in [5.74, 6) is -3.56. The number of carbonyl (C=O) groups excluding carboxylic acids is 3. The molecule has 0 aromatic rings. The molecule has 10 N–H and O–H groups in total. The third-order valence-electron chi connectivity index (χ3n) is 4.25. The SMILES string of the molecule is CC(C)CC(NC(=O)C(CCCCN)NC(=O)C(CO)NC(=O)C(N)CO)C(=O)O. The summed E-state index contributed by atoms with van der Waals surface area (Å²) >= 11 is 0. The van der Waals surface area contributed by atoms with Gasteiger partial charge in [0.05, 0.1) is 13.2 Å². The van der Waals surface area contributed by atoms with E-state index in [1.807, 2.05) is 13.8 Å². The fraction of sp³-hybridized carbons (Fsp3) is 0.778. The van der Waals surface area contributed by atoms with E-state index in [0.717, 1.165) is 0 Å². The highest BCUT2D eigenvalue weighted by Crippen LogP contribution is 2.07. The summed E-state index contributed by atoms with van der Waals surface area (Å²) in [6, 6.07) is -4.88. The van der Waals surface area contributed by atoms with E-state index in [0.29, 0.717) is 19.4 Å². The van der Waals surface area contributed by atoms with Crippen LogP contribution >= 0.6 is 0 Å². The Morgan fingerprint density at radius 1 is 0.833 bits per heavy atom. The molecule has 0 aliphatic carbocycles. The number of amides is 3. The minimum atomic E-state index is -1.40. The Kier molecular flexibility index (Phi) is 13.5. The van der Waals surface area contributed by atoms with Gasteiger partial charge in [0, 0.05) is 0 Å². The Hall–Kier alpha value is -2.28. The maximum atomic E-state index is 12.6. The molecule has 0 heterocycles. The molecular weight excluding hydrogens is 398 g/mol. The molecule has 0 aliphatic heterocycles. The molecule has 4 atom stereocenters. The number of aliphatic carboxylic acids is 1. The highest BCUT2D eigenvalue weighted by atomic mass is 16.4. The predicted octanol–water partition coefficient (Wildman–Crippen LogP) is -2.99. The van der Waals surface area contributed by atoms with E-state index in [9.17, 15) is 29.4 Å². The largest absolute Gasteiger partial charge is 0.480 e. The van der Waals surface area contributed by atoms with Crippen LogP contribution in [0, 0.1) is 5.92 Å². The van der Waals surface area contributed by atoms with Crippen molar-refractivity contribution in [2.75, 3.05) is 19.8 Å². The van der Waals surface area contributed by atoms with E-state index in [1.54, 1.807) is 0 Å². The molecule has 0 fully saturated rings. The van der Waals surface area contributed by atoms with Crippen LogP contribution in [-0.2, 0) is 19.2 Å². The van der Waals surface area contributed by atoms with E-state index >= 15 is 0 Å². The van der Waals surface area contributed by atoms with Gasteiger partial charge >= 0.3 is 5.97 Å². The van der Waals surface area contributed by atoms with Crippen molar-refractivity contribution in [3.05, 3.63) is 0 Å². The Labute approximate surface area is 175 Å². The molecule has 3 amide bonds. The van der Waals surface area contributed by atoms with Crippen LogP contribution < -0.4 is 27.4 Å². The Morgan fingerprint density at radius 2 is 1.37 bits per heavy atom. The number of unbranched alkanes of at least 4 members (excludes halogenated alkanes) is 1. The first kappa shape index (κ1) is 27.7. The third-order valence-corrected chi connectivity index (χ3v) is 4.25. The van der Waals surface area contributed by atoms with Crippen molar-refractivity contribution in [1.29, 1.82) is 0 Å². The average molecular weight is 434 g/mol.